The van der Waals surface area contributed by atoms with Crippen LogP contribution in [0, 0.1) is 20.8 Å². The minimum Gasteiger partial charge on any atom is -0.346 e. The number of piperidine rings is 1. The molecule has 2 aromatic rings. The number of aryl methyl sites for hydroxylation is 4. The maximum atomic E-state index is 12.4. The highest BCUT2D eigenvalue weighted by molar-refractivity contribution is 7.15. The number of nitrogens with zero attached hydrogens (tertiary/aromatic N) is 4. The third-order valence-corrected chi connectivity index (χ3v) is 5.52. The van der Waals surface area contributed by atoms with Crippen molar-refractivity contribution in [2.24, 2.45) is 7.05 Å². The zero-order valence-corrected chi connectivity index (χ0v) is 14.9. The third-order valence-electron chi connectivity index (χ3n) is 4.39. The van der Waals surface area contributed by atoms with Crippen molar-refractivity contribution in [3.05, 3.63) is 28.0 Å². The molecule has 0 aromatic carbocycles. The second-order valence-electron chi connectivity index (χ2n) is 6.19. The van der Waals surface area contributed by atoms with Crippen molar-refractivity contribution >= 4 is 22.4 Å². The Morgan fingerprint density at radius 2 is 2.17 bits per heavy atom. The van der Waals surface area contributed by atoms with Crippen molar-refractivity contribution in [2.45, 2.75) is 39.7 Å². The smallest absolute Gasteiger partial charge is 0.272 e. The van der Waals surface area contributed by atoms with Crippen LogP contribution in [0.25, 0.3) is 0 Å². The minimum atomic E-state index is -0.0907. The summed E-state index contributed by atoms with van der Waals surface area (Å²) in [5, 5.41) is 8.43. The summed E-state index contributed by atoms with van der Waals surface area (Å²) >= 11 is 1.73. The van der Waals surface area contributed by atoms with Gasteiger partial charge in [0.25, 0.3) is 5.91 Å². The fourth-order valence-corrected chi connectivity index (χ4v) is 3.74. The maximum Gasteiger partial charge on any atom is 0.272 e. The van der Waals surface area contributed by atoms with E-state index in [1.807, 2.05) is 27.0 Å². The van der Waals surface area contributed by atoms with Crippen LogP contribution in [0.3, 0.4) is 0 Å². The Morgan fingerprint density at radius 3 is 2.78 bits per heavy atom. The Hall–Kier alpha value is -1.89. The first-order valence-corrected chi connectivity index (χ1v) is 8.76. The second-order valence-corrected chi connectivity index (χ2v) is 7.37. The van der Waals surface area contributed by atoms with Crippen molar-refractivity contribution in [3.8, 4) is 0 Å². The lowest BCUT2D eigenvalue weighted by Gasteiger charge is -2.32. The molecule has 0 spiro atoms. The molecule has 124 valence electrons. The summed E-state index contributed by atoms with van der Waals surface area (Å²) in [6.45, 7) is 7.90. The molecule has 6 nitrogen and oxygen atoms in total. The number of aromatic nitrogens is 3. The largest absolute Gasteiger partial charge is 0.346 e. The predicted octanol–water partition coefficient (Wildman–Crippen LogP) is 2.20. The van der Waals surface area contributed by atoms with Gasteiger partial charge < -0.3 is 10.2 Å². The number of nitrogens with one attached hydrogen (secondary N) is 1. The molecule has 0 aliphatic carbocycles. The van der Waals surface area contributed by atoms with Gasteiger partial charge in [-0.25, -0.2) is 4.98 Å². The minimum absolute atomic E-state index is 0.0907. The van der Waals surface area contributed by atoms with Gasteiger partial charge in [-0.1, -0.05) is 0 Å². The van der Waals surface area contributed by atoms with E-state index < -0.39 is 0 Å². The molecule has 1 unspecified atom stereocenters. The van der Waals surface area contributed by atoms with Crippen molar-refractivity contribution in [2.75, 3.05) is 18.0 Å². The van der Waals surface area contributed by atoms with Crippen LogP contribution in [-0.4, -0.2) is 39.8 Å². The van der Waals surface area contributed by atoms with Crippen molar-refractivity contribution < 1.29 is 4.79 Å². The quantitative estimate of drug-likeness (QED) is 0.935. The maximum absolute atomic E-state index is 12.4. The molecule has 1 aliphatic heterocycles. The van der Waals surface area contributed by atoms with E-state index in [-0.39, 0.29) is 11.9 Å². The molecule has 0 bridgehead atoms. The van der Waals surface area contributed by atoms with E-state index in [4.69, 9.17) is 0 Å². The number of hydrogen-bond donors (Lipinski definition) is 1. The Bertz CT molecular complexity index is 681. The summed E-state index contributed by atoms with van der Waals surface area (Å²) in [6, 6.07) is 1.96. The molecule has 1 amide bonds. The average Bonchev–Trinajstić information content (AvgIpc) is 3.03. The number of amides is 1. The van der Waals surface area contributed by atoms with Crippen LogP contribution >= 0.6 is 11.3 Å². The topological polar surface area (TPSA) is 63.1 Å². The molecule has 3 heterocycles. The summed E-state index contributed by atoms with van der Waals surface area (Å²) < 4.78 is 1.73. The Kier molecular flexibility index (Phi) is 4.39. The lowest BCUT2D eigenvalue weighted by atomic mass is 10.1. The van der Waals surface area contributed by atoms with Crippen LogP contribution in [0.4, 0.5) is 5.13 Å². The summed E-state index contributed by atoms with van der Waals surface area (Å²) in [5.41, 5.74) is 2.57. The van der Waals surface area contributed by atoms with Crippen LogP contribution in [-0.2, 0) is 7.05 Å². The molecule has 3 rings (SSSR count). The molecular weight excluding hydrogens is 310 g/mol. The average molecular weight is 333 g/mol. The number of carbonyl (C=O) groups excluding carboxylic acids is 1. The molecule has 0 saturated carbocycles. The highest BCUT2D eigenvalue weighted by atomic mass is 32.1. The van der Waals surface area contributed by atoms with Gasteiger partial charge >= 0.3 is 0 Å². The first kappa shape index (κ1) is 16.0. The van der Waals surface area contributed by atoms with Crippen LogP contribution < -0.4 is 10.2 Å². The lowest BCUT2D eigenvalue weighted by molar-refractivity contribution is 0.0927. The van der Waals surface area contributed by atoms with Gasteiger partial charge in [-0.3, -0.25) is 9.48 Å². The standard InChI is InChI=1S/C16H23N5OS/c1-10-8-14(19-20(10)4)15(22)18-13-6-5-7-21(9-13)16-17-11(2)12(3)23-16/h8,13H,5-7,9H2,1-4H3,(H,18,22). The first-order valence-electron chi connectivity index (χ1n) is 7.94. The van der Waals surface area contributed by atoms with Crippen LogP contribution in [0.5, 0.6) is 0 Å². The summed E-state index contributed by atoms with van der Waals surface area (Å²) in [6.07, 6.45) is 2.06. The normalized spacial score (nSPS) is 18.3. The van der Waals surface area contributed by atoms with Gasteiger partial charge in [0.05, 0.1) is 5.69 Å². The van der Waals surface area contributed by atoms with E-state index in [0.29, 0.717) is 5.69 Å². The first-order chi connectivity index (χ1) is 10.9. The van der Waals surface area contributed by atoms with Gasteiger partial charge in [0.1, 0.15) is 5.69 Å². The lowest BCUT2D eigenvalue weighted by Crippen LogP contribution is -2.48. The number of carbonyl (C=O) groups is 1. The zero-order chi connectivity index (χ0) is 16.6. The number of rotatable bonds is 3. The number of hydrogen-bond acceptors (Lipinski definition) is 5. The molecule has 1 N–H and O–H groups in total. The van der Waals surface area contributed by atoms with E-state index in [2.05, 4.69) is 27.2 Å². The van der Waals surface area contributed by atoms with E-state index in [1.54, 1.807) is 16.0 Å². The van der Waals surface area contributed by atoms with Crippen molar-refractivity contribution in [1.82, 2.24) is 20.1 Å². The van der Waals surface area contributed by atoms with Gasteiger partial charge in [-0.05, 0) is 39.7 Å². The molecule has 7 heteroatoms. The predicted molar refractivity (Wildman–Crippen MR) is 92.2 cm³/mol. The van der Waals surface area contributed by atoms with E-state index >= 15 is 0 Å². The molecular formula is C16H23N5OS. The molecule has 0 radical (unpaired) electrons. The molecule has 1 atom stereocenters. The monoisotopic (exact) mass is 333 g/mol. The fraction of sp³-hybridized carbons (Fsp3) is 0.562. The van der Waals surface area contributed by atoms with Crippen molar-refractivity contribution in [3.63, 3.8) is 0 Å². The van der Waals surface area contributed by atoms with Crippen LogP contribution in [0.15, 0.2) is 6.07 Å². The highest BCUT2D eigenvalue weighted by Crippen LogP contribution is 2.27. The number of anilines is 1. The molecule has 1 fully saturated rings. The molecule has 1 aliphatic rings. The molecule has 1 saturated heterocycles. The van der Waals surface area contributed by atoms with Crippen molar-refractivity contribution in [1.29, 1.82) is 0 Å². The van der Waals surface area contributed by atoms with Gasteiger partial charge in [0.15, 0.2) is 5.13 Å². The summed E-state index contributed by atoms with van der Waals surface area (Å²) in [7, 11) is 1.85. The summed E-state index contributed by atoms with van der Waals surface area (Å²) in [5.74, 6) is -0.0907. The van der Waals surface area contributed by atoms with Gasteiger partial charge in [-0.2, -0.15) is 5.10 Å². The zero-order valence-electron chi connectivity index (χ0n) is 14.1. The van der Waals surface area contributed by atoms with Crippen LogP contribution in [0.2, 0.25) is 0 Å². The van der Waals surface area contributed by atoms with E-state index in [0.717, 1.165) is 42.5 Å². The Morgan fingerprint density at radius 1 is 1.39 bits per heavy atom. The van der Waals surface area contributed by atoms with Gasteiger partial charge in [0.2, 0.25) is 0 Å². The second kappa shape index (κ2) is 6.31. The highest BCUT2D eigenvalue weighted by Gasteiger charge is 2.24. The molecule has 2 aromatic heterocycles. The Balaban J connectivity index is 1.65. The summed E-state index contributed by atoms with van der Waals surface area (Å²) in [4.78, 5) is 20.5. The molecule has 23 heavy (non-hydrogen) atoms. The van der Waals surface area contributed by atoms with Gasteiger partial charge in [-0.15, -0.1) is 11.3 Å². The van der Waals surface area contributed by atoms with Gasteiger partial charge in [0, 0.05) is 36.8 Å². The fourth-order valence-electron chi connectivity index (χ4n) is 2.79. The Labute approximate surface area is 140 Å². The SMILES string of the molecule is Cc1nc(N2CCCC(NC(=O)c3cc(C)n(C)n3)C2)sc1C. The van der Waals surface area contributed by atoms with Crippen LogP contribution in [0.1, 0.15) is 39.6 Å². The van der Waals surface area contributed by atoms with E-state index in [9.17, 15) is 4.79 Å². The van der Waals surface area contributed by atoms with E-state index in [1.165, 1.54) is 4.88 Å². The third kappa shape index (κ3) is 3.39. The number of thiazole rings is 1.